The second-order valence-electron chi connectivity index (χ2n) is 6.72. The van der Waals surface area contributed by atoms with E-state index in [0.717, 1.165) is 5.75 Å². The summed E-state index contributed by atoms with van der Waals surface area (Å²) in [4.78, 5) is 23.6. The maximum Gasteiger partial charge on any atom is 0.234 e. The summed E-state index contributed by atoms with van der Waals surface area (Å²) in [6, 6.07) is 14.7. The van der Waals surface area contributed by atoms with Crippen LogP contribution in [0.15, 0.2) is 53.7 Å². The lowest BCUT2D eigenvalue weighted by molar-refractivity contribution is -0.113. The lowest BCUT2D eigenvalue weighted by Crippen LogP contribution is -2.15. The van der Waals surface area contributed by atoms with E-state index in [1.165, 1.54) is 24.2 Å². The topological polar surface area (TPSA) is 86.1 Å². The third-order valence-corrected chi connectivity index (χ3v) is 5.37. The minimum absolute atomic E-state index is 0.00973. The van der Waals surface area contributed by atoms with Crippen molar-refractivity contribution in [2.24, 2.45) is 0 Å². The van der Waals surface area contributed by atoms with Crippen molar-refractivity contribution in [3.63, 3.8) is 0 Å². The molecule has 0 bridgehead atoms. The summed E-state index contributed by atoms with van der Waals surface area (Å²) >= 11 is 1.32. The van der Waals surface area contributed by atoms with Crippen LogP contribution >= 0.6 is 11.8 Å². The summed E-state index contributed by atoms with van der Waals surface area (Å²) in [5, 5.41) is 11.9. The van der Waals surface area contributed by atoms with Crippen LogP contribution in [0.4, 0.5) is 5.69 Å². The Kier molecular flexibility index (Phi) is 7.24. The zero-order valence-electron chi connectivity index (χ0n) is 17.2. The minimum Gasteiger partial charge on any atom is -0.486 e. The number of carbonyl (C=O) groups excluding carboxylic acids is 2. The van der Waals surface area contributed by atoms with E-state index >= 15 is 0 Å². The number of aryl methyl sites for hydroxylation is 1. The van der Waals surface area contributed by atoms with Crippen LogP contribution in [0.2, 0.25) is 0 Å². The van der Waals surface area contributed by atoms with Gasteiger partial charge in [-0.1, -0.05) is 29.5 Å². The van der Waals surface area contributed by atoms with E-state index in [1.54, 1.807) is 24.3 Å². The highest BCUT2D eigenvalue weighted by Crippen LogP contribution is 2.19. The molecule has 30 heavy (non-hydrogen) atoms. The molecule has 3 aromatic rings. The molecule has 0 saturated carbocycles. The number of nitrogens with one attached hydrogen (secondary N) is 1. The first kappa shape index (κ1) is 21.6. The van der Waals surface area contributed by atoms with E-state index in [9.17, 15) is 9.59 Å². The number of aromatic nitrogens is 3. The third-order valence-electron chi connectivity index (χ3n) is 4.41. The monoisotopic (exact) mass is 424 g/mol. The standard InChI is InChI=1S/C22H24N4O3S/c1-4-26-20(13-29-19-11-5-15(2)6-12-19)24-25-22(26)30-14-21(28)23-18-9-7-17(8-10-18)16(3)27/h5-12H,4,13-14H2,1-3H3,(H,23,28). The molecular weight excluding hydrogens is 400 g/mol. The number of rotatable bonds is 9. The van der Waals surface area contributed by atoms with Crippen LogP contribution in [0.3, 0.4) is 0 Å². The van der Waals surface area contributed by atoms with Crippen LogP contribution < -0.4 is 10.1 Å². The van der Waals surface area contributed by atoms with Crippen LogP contribution in [0.1, 0.15) is 35.6 Å². The molecule has 0 saturated heterocycles. The number of nitrogens with zero attached hydrogens (tertiary/aromatic N) is 3. The van der Waals surface area contributed by atoms with Crippen LogP contribution in [0.25, 0.3) is 0 Å². The van der Waals surface area contributed by atoms with Crippen molar-refractivity contribution in [2.45, 2.75) is 39.1 Å². The molecule has 7 nitrogen and oxygen atoms in total. The lowest BCUT2D eigenvalue weighted by Gasteiger charge is -2.09. The van der Waals surface area contributed by atoms with Gasteiger partial charge in [-0.2, -0.15) is 0 Å². The first-order chi connectivity index (χ1) is 14.5. The Morgan fingerprint density at radius 2 is 1.77 bits per heavy atom. The number of thioether (sulfide) groups is 1. The van der Waals surface area contributed by atoms with Gasteiger partial charge in [0.1, 0.15) is 12.4 Å². The quantitative estimate of drug-likeness (QED) is 0.411. The van der Waals surface area contributed by atoms with E-state index in [2.05, 4.69) is 15.5 Å². The van der Waals surface area contributed by atoms with Gasteiger partial charge in [0.05, 0.1) is 5.75 Å². The fourth-order valence-corrected chi connectivity index (χ4v) is 3.57. The van der Waals surface area contributed by atoms with E-state index < -0.39 is 0 Å². The fourth-order valence-electron chi connectivity index (χ4n) is 2.75. The van der Waals surface area contributed by atoms with E-state index in [1.807, 2.05) is 42.7 Å². The van der Waals surface area contributed by atoms with Gasteiger partial charge < -0.3 is 14.6 Å². The zero-order chi connectivity index (χ0) is 21.5. The fraction of sp³-hybridized carbons (Fsp3) is 0.273. The van der Waals surface area contributed by atoms with Gasteiger partial charge >= 0.3 is 0 Å². The summed E-state index contributed by atoms with van der Waals surface area (Å²) < 4.78 is 7.74. The van der Waals surface area contributed by atoms with Gasteiger partial charge in [-0.15, -0.1) is 10.2 Å². The molecule has 0 atom stereocenters. The van der Waals surface area contributed by atoms with Crippen molar-refractivity contribution in [1.82, 2.24) is 14.8 Å². The van der Waals surface area contributed by atoms with Crippen LogP contribution in [-0.4, -0.2) is 32.2 Å². The van der Waals surface area contributed by atoms with Crippen molar-refractivity contribution < 1.29 is 14.3 Å². The Hall–Kier alpha value is -3.13. The second-order valence-corrected chi connectivity index (χ2v) is 7.66. The molecular formula is C22H24N4O3S. The SMILES string of the molecule is CCn1c(COc2ccc(C)cc2)nnc1SCC(=O)Nc1ccc(C(C)=O)cc1. The van der Waals surface area contributed by atoms with Gasteiger partial charge in [-0.3, -0.25) is 9.59 Å². The van der Waals surface area contributed by atoms with Crippen molar-refractivity contribution in [3.05, 3.63) is 65.5 Å². The molecule has 0 fully saturated rings. The van der Waals surface area contributed by atoms with Gasteiger partial charge in [-0.05, 0) is 57.2 Å². The van der Waals surface area contributed by atoms with Crippen LogP contribution in [-0.2, 0) is 17.9 Å². The average molecular weight is 425 g/mol. The van der Waals surface area contributed by atoms with Crippen LogP contribution in [0.5, 0.6) is 5.75 Å². The number of ketones is 1. The van der Waals surface area contributed by atoms with Crippen molar-refractivity contribution in [3.8, 4) is 5.75 Å². The van der Waals surface area contributed by atoms with Crippen molar-refractivity contribution in [1.29, 1.82) is 0 Å². The number of carbonyl (C=O) groups is 2. The highest BCUT2D eigenvalue weighted by molar-refractivity contribution is 7.99. The highest BCUT2D eigenvalue weighted by atomic mass is 32.2. The normalized spacial score (nSPS) is 10.6. The smallest absolute Gasteiger partial charge is 0.234 e. The highest BCUT2D eigenvalue weighted by Gasteiger charge is 2.14. The van der Waals surface area contributed by atoms with Crippen molar-refractivity contribution >= 4 is 29.1 Å². The molecule has 1 N–H and O–H groups in total. The van der Waals surface area contributed by atoms with E-state index in [-0.39, 0.29) is 17.4 Å². The predicted molar refractivity (Wildman–Crippen MR) is 117 cm³/mol. The Morgan fingerprint density at radius 1 is 1.07 bits per heavy atom. The molecule has 156 valence electrons. The maximum atomic E-state index is 12.3. The maximum absolute atomic E-state index is 12.3. The summed E-state index contributed by atoms with van der Waals surface area (Å²) in [6.07, 6.45) is 0. The number of hydrogen-bond donors (Lipinski definition) is 1. The molecule has 8 heteroatoms. The number of benzene rings is 2. The molecule has 0 spiro atoms. The van der Waals surface area contributed by atoms with Gasteiger partial charge in [0.2, 0.25) is 5.91 Å². The lowest BCUT2D eigenvalue weighted by atomic mass is 10.1. The molecule has 2 aromatic carbocycles. The van der Waals surface area contributed by atoms with Gasteiger partial charge in [-0.25, -0.2) is 0 Å². The summed E-state index contributed by atoms with van der Waals surface area (Å²) in [5.74, 6) is 1.52. The Morgan fingerprint density at radius 3 is 2.40 bits per heavy atom. The number of ether oxygens (including phenoxy) is 1. The summed E-state index contributed by atoms with van der Waals surface area (Å²) in [5.41, 5.74) is 2.43. The first-order valence-electron chi connectivity index (χ1n) is 9.61. The van der Waals surface area contributed by atoms with Gasteiger partial charge in [0, 0.05) is 17.8 Å². The minimum atomic E-state index is -0.154. The Balaban J connectivity index is 1.55. The number of amides is 1. The number of Topliss-reactive ketones (excluding diaryl/α,β-unsaturated/α-hetero) is 1. The molecule has 1 heterocycles. The number of hydrogen-bond acceptors (Lipinski definition) is 6. The third kappa shape index (κ3) is 5.70. The Bertz CT molecular complexity index is 1010. The molecule has 1 aromatic heterocycles. The number of anilines is 1. The zero-order valence-corrected chi connectivity index (χ0v) is 18.0. The average Bonchev–Trinajstić information content (AvgIpc) is 3.14. The molecule has 3 rings (SSSR count). The predicted octanol–water partition coefficient (Wildman–Crippen LogP) is 4.12. The van der Waals surface area contributed by atoms with Crippen molar-refractivity contribution in [2.75, 3.05) is 11.1 Å². The Labute approximate surface area is 179 Å². The molecule has 0 aliphatic carbocycles. The van der Waals surface area contributed by atoms with Gasteiger partial charge in [0.15, 0.2) is 16.8 Å². The van der Waals surface area contributed by atoms with E-state index in [0.29, 0.717) is 35.4 Å². The molecule has 0 aliphatic heterocycles. The van der Waals surface area contributed by atoms with E-state index in [4.69, 9.17) is 4.74 Å². The summed E-state index contributed by atoms with van der Waals surface area (Å²) in [6.45, 7) is 6.52. The molecule has 1 amide bonds. The van der Waals surface area contributed by atoms with Crippen LogP contribution in [0, 0.1) is 6.92 Å². The first-order valence-corrected chi connectivity index (χ1v) is 10.6. The molecule has 0 radical (unpaired) electrons. The molecule has 0 aliphatic rings. The molecule has 0 unspecified atom stereocenters. The second kappa shape index (κ2) is 10.1. The summed E-state index contributed by atoms with van der Waals surface area (Å²) in [7, 11) is 0. The van der Waals surface area contributed by atoms with Gasteiger partial charge in [0.25, 0.3) is 0 Å². The largest absolute Gasteiger partial charge is 0.486 e.